The number of aromatic hydroxyl groups is 1. The van der Waals surface area contributed by atoms with Crippen molar-refractivity contribution >= 4 is 21.7 Å². The Morgan fingerprint density at radius 1 is 1.25 bits per heavy atom. The summed E-state index contributed by atoms with van der Waals surface area (Å²) in [5, 5.41) is 18.2. The highest BCUT2D eigenvalue weighted by molar-refractivity contribution is 7.92. The number of benzene rings is 1. The molecule has 0 spiro atoms. The maximum Gasteiger partial charge on any atom is 0.339 e. The number of carboxylic acids is 1. The second-order valence-corrected chi connectivity index (χ2v) is 5.51. The number of sulfonamides is 1. The quantitative estimate of drug-likeness (QED) is 0.731. The van der Waals surface area contributed by atoms with Gasteiger partial charge in [0, 0.05) is 18.1 Å². The number of pyridine rings is 1. The van der Waals surface area contributed by atoms with Crippen molar-refractivity contribution in [3.8, 4) is 5.75 Å². The van der Waals surface area contributed by atoms with E-state index < -0.39 is 27.3 Å². The van der Waals surface area contributed by atoms with Crippen molar-refractivity contribution in [3.05, 3.63) is 48.3 Å². The second-order valence-electron chi connectivity index (χ2n) is 3.83. The third-order valence-corrected chi connectivity index (χ3v) is 3.79. The smallest absolute Gasteiger partial charge is 0.339 e. The van der Waals surface area contributed by atoms with Gasteiger partial charge >= 0.3 is 5.97 Å². The van der Waals surface area contributed by atoms with Crippen LogP contribution in [0.15, 0.2) is 47.6 Å². The van der Waals surface area contributed by atoms with Crippen molar-refractivity contribution in [2.75, 3.05) is 4.72 Å². The predicted octanol–water partition coefficient (Wildman–Crippen LogP) is 1.29. The second kappa shape index (κ2) is 5.17. The Morgan fingerprint density at radius 2 is 2.00 bits per heavy atom. The molecule has 2 aromatic rings. The van der Waals surface area contributed by atoms with Gasteiger partial charge in [0.05, 0.1) is 0 Å². The topological polar surface area (TPSA) is 117 Å². The van der Waals surface area contributed by atoms with Gasteiger partial charge in [0.25, 0.3) is 10.0 Å². The first kappa shape index (κ1) is 13.8. The number of aromatic nitrogens is 1. The molecule has 0 atom stereocenters. The molecule has 8 heteroatoms. The molecule has 0 amide bonds. The summed E-state index contributed by atoms with van der Waals surface area (Å²) in [4.78, 5) is 14.5. The van der Waals surface area contributed by atoms with Crippen LogP contribution < -0.4 is 4.72 Å². The van der Waals surface area contributed by atoms with E-state index in [0.717, 1.165) is 12.1 Å². The minimum absolute atomic E-state index is 0.0315. The van der Waals surface area contributed by atoms with Crippen LogP contribution in [-0.2, 0) is 10.0 Å². The molecular formula is C12H10N2O5S. The molecule has 0 radical (unpaired) electrons. The SMILES string of the molecule is O=C(O)c1cc(NS(=O)(=O)c2cccnc2)ccc1O. The fourth-order valence-electron chi connectivity index (χ4n) is 1.49. The van der Waals surface area contributed by atoms with Gasteiger partial charge in [0.2, 0.25) is 0 Å². The molecule has 1 aromatic carbocycles. The third kappa shape index (κ3) is 2.86. The van der Waals surface area contributed by atoms with Crippen LogP contribution in [0.3, 0.4) is 0 Å². The molecule has 1 heterocycles. The van der Waals surface area contributed by atoms with E-state index in [2.05, 4.69) is 9.71 Å². The van der Waals surface area contributed by atoms with Gasteiger partial charge in [-0.25, -0.2) is 13.2 Å². The zero-order valence-electron chi connectivity index (χ0n) is 10.0. The lowest BCUT2D eigenvalue weighted by atomic mass is 10.2. The van der Waals surface area contributed by atoms with Crippen LogP contribution in [0.25, 0.3) is 0 Å². The van der Waals surface area contributed by atoms with Crippen LogP contribution in [0.1, 0.15) is 10.4 Å². The highest BCUT2D eigenvalue weighted by Gasteiger charge is 2.16. The average molecular weight is 294 g/mol. The lowest BCUT2D eigenvalue weighted by Crippen LogP contribution is -2.13. The van der Waals surface area contributed by atoms with Crippen molar-refractivity contribution in [1.82, 2.24) is 4.98 Å². The highest BCUT2D eigenvalue weighted by Crippen LogP contribution is 2.23. The minimum Gasteiger partial charge on any atom is -0.507 e. The number of carboxylic acid groups (broad SMARTS) is 1. The largest absolute Gasteiger partial charge is 0.507 e. The summed E-state index contributed by atoms with van der Waals surface area (Å²) in [5.74, 6) is -1.80. The summed E-state index contributed by atoms with van der Waals surface area (Å²) in [6.07, 6.45) is 2.60. The lowest BCUT2D eigenvalue weighted by molar-refractivity contribution is 0.0694. The first-order valence-electron chi connectivity index (χ1n) is 5.39. The van der Waals surface area contributed by atoms with Gasteiger partial charge in [-0.05, 0) is 30.3 Å². The molecule has 0 bridgehead atoms. The molecule has 0 aliphatic heterocycles. The molecule has 3 N–H and O–H groups in total. The van der Waals surface area contributed by atoms with Crippen LogP contribution in [0, 0.1) is 0 Å². The van der Waals surface area contributed by atoms with E-state index in [1.165, 1.54) is 30.6 Å². The van der Waals surface area contributed by atoms with Gasteiger partial charge in [-0.15, -0.1) is 0 Å². The number of aromatic carboxylic acids is 1. The molecule has 0 unspecified atom stereocenters. The number of nitrogens with one attached hydrogen (secondary N) is 1. The first-order chi connectivity index (χ1) is 9.40. The summed E-state index contributed by atoms with van der Waals surface area (Å²) in [5.41, 5.74) is -0.361. The van der Waals surface area contributed by atoms with Gasteiger partial charge in [-0.1, -0.05) is 0 Å². The van der Waals surface area contributed by atoms with E-state index in [1.54, 1.807) is 0 Å². The summed E-state index contributed by atoms with van der Waals surface area (Å²) < 4.78 is 26.2. The Balaban J connectivity index is 2.36. The van der Waals surface area contributed by atoms with E-state index in [-0.39, 0.29) is 10.6 Å². The molecule has 0 fully saturated rings. The molecule has 1 aromatic heterocycles. The average Bonchev–Trinajstić information content (AvgIpc) is 2.41. The fourth-order valence-corrected chi connectivity index (χ4v) is 2.50. The maximum atomic E-state index is 12.0. The number of phenols is 1. The number of hydrogen-bond donors (Lipinski definition) is 3. The van der Waals surface area contributed by atoms with Gasteiger partial charge < -0.3 is 10.2 Å². The summed E-state index contributed by atoms with van der Waals surface area (Å²) in [6, 6.07) is 6.22. The molecule has 20 heavy (non-hydrogen) atoms. The van der Waals surface area contributed by atoms with Gasteiger partial charge in [-0.3, -0.25) is 9.71 Å². The molecular weight excluding hydrogens is 284 g/mol. The summed E-state index contributed by atoms with van der Waals surface area (Å²) in [7, 11) is -3.86. The summed E-state index contributed by atoms with van der Waals surface area (Å²) >= 11 is 0. The Morgan fingerprint density at radius 3 is 2.60 bits per heavy atom. The Bertz CT molecular complexity index is 744. The molecule has 0 saturated heterocycles. The molecule has 0 saturated carbocycles. The molecule has 0 aliphatic rings. The number of anilines is 1. The lowest BCUT2D eigenvalue weighted by Gasteiger charge is -2.09. The normalized spacial score (nSPS) is 11.0. The molecule has 7 nitrogen and oxygen atoms in total. The monoisotopic (exact) mass is 294 g/mol. The van der Waals surface area contributed by atoms with E-state index in [0.29, 0.717) is 0 Å². The molecule has 0 aliphatic carbocycles. The van der Waals surface area contributed by atoms with E-state index >= 15 is 0 Å². The number of nitrogens with zero attached hydrogens (tertiary/aromatic N) is 1. The predicted molar refractivity (Wildman–Crippen MR) is 70.1 cm³/mol. The van der Waals surface area contributed by atoms with E-state index in [4.69, 9.17) is 5.11 Å². The van der Waals surface area contributed by atoms with Crippen LogP contribution >= 0.6 is 0 Å². The maximum absolute atomic E-state index is 12.0. The van der Waals surface area contributed by atoms with Crippen molar-refractivity contribution in [2.24, 2.45) is 0 Å². The van der Waals surface area contributed by atoms with Gasteiger partial charge in [0.1, 0.15) is 16.2 Å². The van der Waals surface area contributed by atoms with Gasteiger partial charge in [0.15, 0.2) is 0 Å². The molecule has 104 valence electrons. The zero-order chi connectivity index (χ0) is 14.8. The fraction of sp³-hybridized carbons (Fsp3) is 0. The van der Waals surface area contributed by atoms with Gasteiger partial charge in [-0.2, -0.15) is 0 Å². The highest BCUT2D eigenvalue weighted by atomic mass is 32.2. The Kier molecular flexibility index (Phi) is 3.57. The third-order valence-electron chi connectivity index (χ3n) is 2.42. The van der Waals surface area contributed by atoms with Crippen molar-refractivity contribution < 1.29 is 23.4 Å². The van der Waals surface area contributed by atoms with E-state index in [9.17, 15) is 18.3 Å². The van der Waals surface area contributed by atoms with Crippen molar-refractivity contribution in [3.63, 3.8) is 0 Å². The van der Waals surface area contributed by atoms with Crippen LogP contribution in [0.2, 0.25) is 0 Å². The van der Waals surface area contributed by atoms with E-state index in [1.807, 2.05) is 0 Å². The van der Waals surface area contributed by atoms with Crippen LogP contribution in [0.4, 0.5) is 5.69 Å². The Hall–Kier alpha value is -2.61. The van der Waals surface area contributed by atoms with Crippen molar-refractivity contribution in [1.29, 1.82) is 0 Å². The standard InChI is InChI=1S/C12H10N2O5S/c15-11-4-3-8(6-10(11)12(16)17)14-20(18,19)9-2-1-5-13-7-9/h1-7,14-15H,(H,16,17). The number of rotatable bonds is 4. The minimum atomic E-state index is -3.86. The van der Waals surface area contributed by atoms with Crippen molar-refractivity contribution in [2.45, 2.75) is 4.90 Å². The Labute approximate surface area is 114 Å². The van der Waals surface area contributed by atoms with Crippen LogP contribution in [0.5, 0.6) is 5.75 Å². The van der Waals surface area contributed by atoms with Crippen LogP contribution in [-0.4, -0.2) is 29.6 Å². The number of carbonyl (C=O) groups is 1. The first-order valence-corrected chi connectivity index (χ1v) is 6.87. The number of hydrogen-bond acceptors (Lipinski definition) is 5. The zero-order valence-corrected chi connectivity index (χ0v) is 10.8. The molecule has 2 rings (SSSR count). The summed E-state index contributed by atoms with van der Waals surface area (Å²) in [6.45, 7) is 0.